The lowest BCUT2D eigenvalue weighted by Crippen LogP contribution is -2.58. The van der Waals surface area contributed by atoms with E-state index < -0.39 is 64.7 Å². The fraction of sp³-hybridized carbons (Fsp3) is 0.429. The number of amides is 6. The molecule has 1 fully saturated rings. The second kappa shape index (κ2) is 21.3. The van der Waals surface area contributed by atoms with E-state index in [9.17, 15) is 41.9 Å². The highest BCUT2D eigenvalue weighted by Crippen LogP contribution is 2.36. The van der Waals surface area contributed by atoms with Gasteiger partial charge in [0.1, 0.15) is 17.8 Å². The molecule has 0 radical (unpaired) electrons. The molecule has 0 unspecified atom stereocenters. The molecule has 2 aliphatic heterocycles. The van der Waals surface area contributed by atoms with Gasteiger partial charge in [0.25, 0.3) is 0 Å². The van der Waals surface area contributed by atoms with Crippen LogP contribution in [0.15, 0.2) is 83.5 Å². The molecule has 18 heteroatoms. The summed E-state index contributed by atoms with van der Waals surface area (Å²) in [7, 11) is 0. The Hall–Kier alpha value is -6.01. The average Bonchev–Trinajstić information content (AvgIpc) is 3.74. The minimum Gasteiger partial charge on any atom is -0.469 e. The molecule has 0 aliphatic carbocycles. The Labute approximate surface area is 345 Å². The maximum Gasteiger partial charge on any atom is 0.416 e. The van der Waals surface area contributed by atoms with Crippen molar-refractivity contribution in [2.45, 2.75) is 63.3 Å². The van der Waals surface area contributed by atoms with Crippen molar-refractivity contribution in [3.8, 4) is 0 Å². The molecule has 3 atom stereocenters. The smallest absolute Gasteiger partial charge is 0.416 e. The molecule has 6 amide bonds. The molecule has 2 bridgehead atoms. The maximum atomic E-state index is 14.6. The van der Waals surface area contributed by atoms with Crippen LogP contribution in [0.1, 0.15) is 47.3 Å². The van der Waals surface area contributed by atoms with Crippen molar-refractivity contribution in [2.24, 2.45) is 11.1 Å². The van der Waals surface area contributed by atoms with E-state index in [1.54, 1.807) is 36.4 Å². The van der Waals surface area contributed by atoms with Crippen LogP contribution in [-0.4, -0.2) is 98.4 Å². The van der Waals surface area contributed by atoms with Crippen LogP contribution >= 0.6 is 0 Å². The van der Waals surface area contributed by atoms with Gasteiger partial charge >= 0.3 is 6.18 Å². The first kappa shape index (κ1) is 45.1. The largest absolute Gasteiger partial charge is 0.469 e. The lowest BCUT2D eigenvalue weighted by Gasteiger charge is -2.42. The summed E-state index contributed by atoms with van der Waals surface area (Å²) in [5.74, 6) is -3.07. The maximum absolute atomic E-state index is 14.6. The van der Waals surface area contributed by atoms with Gasteiger partial charge in [0.15, 0.2) is 0 Å². The molecule has 2 aromatic carbocycles. The van der Waals surface area contributed by atoms with Crippen molar-refractivity contribution >= 4 is 35.4 Å². The third-order valence-corrected chi connectivity index (χ3v) is 10.3. The van der Waals surface area contributed by atoms with Gasteiger partial charge in [-0.25, -0.2) is 0 Å². The van der Waals surface area contributed by atoms with E-state index in [1.807, 2.05) is 0 Å². The van der Waals surface area contributed by atoms with E-state index >= 15 is 0 Å². The van der Waals surface area contributed by atoms with Crippen LogP contribution in [0, 0.1) is 5.41 Å². The molecule has 5 rings (SSSR count). The van der Waals surface area contributed by atoms with Crippen molar-refractivity contribution < 1.29 is 51.1 Å². The van der Waals surface area contributed by atoms with Gasteiger partial charge in [-0.1, -0.05) is 36.4 Å². The van der Waals surface area contributed by atoms with Crippen molar-refractivity contribution in [3.05, 3.63) is 107 Å². The lowest BCUT2D eigenvalue weighted by molar-refractivity contribution is -0.142. The Morgan fingerprint density at radius 2 is 1.72 bits per heavy atom. The summed E-state index contributed by atoms with van der Waals surface area (Å²) in [4.78, 5) is 83.0. The first-order chi connectivity index (χ1) is 28.8. The molecule has 7 N–H and O–H groups in total. The molecule has 322 valence electrons. The fourth-order valence-corrected chi connectivity index (χ4v) is 7.18. The van der Waals surface area contributed by atoms with Crippen molar-refractivity contribution in [1.82, 2.24) is 31.5 Å². The van der Waals surface area contributed by atoms with Crippen LogP contribution in [0.5, 0.6) is 0 Å². The Kier molecular flexibility index (Phi) is 16.0. The van der Waals surface area contributed by atoms with Gasteiger partial charge in [-0.2, -0.15) is 13.2 Å². The number of nitrogens with one attached hydrogen (secondary N) is 5. The molecule has 0 spiro atoms. The number of nitrogens with two attached hydrogens (primary N) is 1. The predicted molar refractivity (Wildman–Crippen MR) is 211 cm³/mol. The van der Waals surface area contributed by atoms with Crippen LogP contribution in [-0.2, 0) is 65.5 Å². The first-order valence-corrected chi connectivity index (χ1v) is 19.7. The average molecular weight is 838 g/mol. The highest BCUT2D eigenvalue weighted by Gasteiger charge is 2.45. The van der Waals surface area contributed by atoms with Crippen molar-refractivity contribution in [3.63, 3.8) is 0 Å². The highest BCUT2D eigenvalue weighted by atomic mass is 19.4. The molecular weight excluding hydrogens is 787 g/mol. The number of hydrogen-bond donors (Lipinski definition) is 6. The second-order valence-electron chi connectivity index (χ2n) is 14.7. The Bertz CT molecular complexity index is 1990. The summed E-state index contributed by atoms with van der Waals surface area (Å²) in [6.45, 7) is 0.907. The molecule has 15 nitrogen and oxygen atoms in total. The van der Waals surface area contributed by atoms with E-state index in [4.69, 9.17) is 14.9 Å². The number of fused-ring (bicyclic) bond motifs is 3. The van der Waals surface area contributed by atoms with Crippen molar-refractivity contribution in [1.29, 1.82) is 0 Å². The molecule has 1 saturated heterocycles. The number of rotatable bonds is 10. The number of piperidine rings is 1. The SMILES string of the molecule is NCCOCCNC(=O)[C@@H]1CCNC(=O)/C=C/C(=O)N2CCC[C@@](Cc3ccc(C(F)(F)F)cc3)(C2)C(=O)N[C@@H](Cc2ccco2)C(=O)NCc2ccccc2CC(=O)N1. The van der Waals surface area contributed by atoms with Gasteiger partial charge in [-0.15, -0.1) is 0 Å². The standard InChI is InChI=1S/C42H50F3N7O8/c43-42(44,45)31-10-8-28(9-11-31)25-41-15-4-19-52(27-41)37(55)13-12-35(53)47-17-14-33(38(56)48-18-22-59-21-16-46)50-36(54)23-29-5-1-2-6-30(29)26-49-39(57)34(51-40(41)58)24-32-7-3-20-60-32/h1-3,5-13,20,33-34H,4,14-19,21-27,46H2,(H,47,53)(H,48,56)(H,49,57)(H,50,54)(H,51,58)/b13-12+/t33-,34-,41+/m0/s1. The molecule has 2 aliphatic rings. The third kappa shape index (κ3) is 13.0. The molecule has 3 aromatic rings. The monoisotopic (exact) mass is 837 g/mol. The number of benzene rings is 2. The van der Waals surface area contributed by atoms with Crippen LogP contribution in [0.4, 0.5) is 13.2 Å². The predicted octanol–water partition coefficient (Wildman–Crippen LogP) is 1.69. The van der Waals surface area contributed by atoms with Gasteiger partial charge < -0.3 is 46.4 Å². The number of ether oxygens (including phenoxy) is 1. The third-order valence-electron chi connectivity index (χ3n) is 10.3. The van der Waals surface area contributed by atoms with Gasteiger partial charge in [-0.05, 0) is 66.6 Å². The Morgan fingerprint density at radius 3 is 2.43 bits per heavy atom. The number of nitrogens with zero attached hydrogens (tertiary/aromatic N) is 1. The summed E-state index contributed by atoms with van der Waals surface area (Å²) in [5.41, 5.74) is 4.74. The quantitative estimate of drug-likeness (QED) is 0.164. The van der Waals surface area contributed by atoms with Crippen molar-refractivity contribution in [2.75, 3.05) is 45.9 Å². The number of hydrogen-bond acceptors (Lipinski definition) is 9. The summed E-state index contributed by atoms with van der Waals surface area (Å²) in [6.07, 6.45) is -0.822. The first-order valence-electron chi connectivity index (χ1n) is 19.7. The van der Waals surface area contributed by atoms with Crippen LogP contribution in [0.25, 0.3) is 0 Å². The van der Waals surface area contributed by atoms with Gasteiger partial charge in [0.05, 0.1) is 36.9 Å². The van der Waals surface area contributed by atoms with Crippen LogP contribution in [0.3, 0.4) is 0 Å². The fourth-order valence-electron chi connectivity index (χ4n) is 7.18. The summed E-state index contributed by atoms with van der Waals surface area (Å²) < 4.78 is 51.2. The van der Waals surface area contributed by atoms with E-state index in [-0.39, 0.29) is 71.4 Å². The zero-order valence-corrected chi connectivity index (χ0v) is 33.0. The lowest BCUT2D eigenvalue weighted by atomic mass is 9.73. The zero-order valence-electron chi connectivity index (χ0n) is 33.0. The van der Waals surface area contributed by atoms with Gasteiger partial charge in [-0.3, -0.25) is 28.8 Å². The minimum atomic E-state index is -4.58. The summed E-state index contributed by atoms with van der Waals surface area (Å²) >= 11 is 0. The summed E-state index contributed by atoms with van der Waals surface area (Å²) in [5, 5.41) is 13.8. The van der Waals surface area contributed by atoms with E-state index in [1.165, 1.54) is 23.3 Å². The number of carbonyl (C=O) groups excluding carboxylic acids is 6. The number of halogens is 3. The van der Waals surface area contributed by atoms with E-state index in [2.05, 4.69) is 26.6 Å². The normalized spacial score (nSPS) is 21.9. The topological polar surface area (TPSA) is 214 Å². The number of furan rings is 1. The molecule has 0 saturated carbocycles. The van der Waals surface area contributed by atoms with Crippen LogP contribution < -0.4 is 32.3 Å². The molecule has 60 heavy (non-hydrogen) atoms. The van der Waals surface area contributed by atoms with Gasteiger partial charge in [0.2, 0.25) is 35.4 Å². The zero-order chi connectivity index (χ0) is 43.1. The van der Waals surface area contributed by atoms with Crippen LogP contribution in [0.2, 0.25) is 0 Å². The summed E-state index contributed by atoms with van der Waals surface area (Å²) in [6, 6.07) is 12.3. The Morgan fingerprint density at radius 1 is 0.950 bits per heavy atom. The Balaban J connectivity index is 1.45. The van der Waals surface area contributed by atoms with Gasteiger partial charge in [0, 0.05) is 57.8 Å². The molecular formula is C42H50F3N7O8. The minimum absolute atomic E-state index is 0.00275. The molecule has 1 aromatic heterocycles. The second-order valence-corrected chi connectivity index (χ2v) is 14.7. The van der Waals surface area contributed by atoms with E-state index in [0.717, 1.165) is 24.3 Å². The highest BCUT2D eigenvalue weighted by molar-refractivity contribution is 5.97. The molecule has 3 heterocycles. The van der Waals surface area contributed by atoms with E-state index in [0.29, 0.717) is 42.0 Å². The number of alkyl halides is 3. The number of carbonyl (C=O) groups is 6.